The van der Waals surface area contributed by atoms with Gasteiger partial charge in [0.15, 0.2) is 11.5 Å². The SMILES string of the molecule is CN(Cc1nsc(NC(=O)NCc2ccc(Cl)s2)n1)C(=O)c1n[nH]c(=O)c2ccccc12. The molecule has 3 aromatic heterocycles. The third-order valence-electron chi connectivity index (χ3n) is 4.36. The van der Waals surface area contributed by atoms with Gasteiger partial charge in [-0.05, 0) is 18.2 Å². The van der Waals surface area contributed by atoms with E-state index in [9.17, 15) is 14.4 Å². The van der Waals surface area contributed by atoms with Gasteiger partial charge in [0.1, 0.15) is 0 Å². The summed E-state index contributed by atoms with van der Waals surface area (Å²) in [6.07, 6.45) is 0. The quantitative estimate of drug-likeness (QED) is 0.381. The lowest BCUT2D eigenvalue weighted by Crippen LogP contribution is -2.29. The molecule has 4 rings (SSSR count). The third-order valence-corrected chi connectivity index (χ3v) is 6.26. The summed E-state index contributed by atoms with van der Waals surface area (Å²) in [5.74, 6) is -0.0333. The maximum atomic E-state index is 12.9. The molecular weight excluding hydrogens is 474 g/mol. The Bertz CT molecular complexity index is 1350. The molecule has 0 saturated carbocycles. The number of fused-ring (bicyclic) bond motifs is 1. The number of carbonyl (C=O) groups excluding carboxylic acids is 2. The van der Waals surface area contributed by atoms with Gasteiger partial charge in [0.25, 0.3) is 11.5 Å². The molecule has 0 radical (unpaired) electrons. The van der Waals surface area contributed by atoms with Crippen LogP contribution in [0.15, 0.2) is 41.2 Å². The van der Waals surface area contributed by atoms with Crippen LogP contribution < -0.4 is 16.2 Å². The van der Waals surface area contributed by atoms with Crippen LogP contribution in [0.3, 0.4) is 0 Å². The number of hydrogen-bond acceptors (Lipinski definition) is 8. The predicted molar refractivity (Wildman–Crippen MR) is 123 cm³/mol. The Kier molecular flexibility index (Phi) is 6.44. The van der Waals surface area contributed by atoms with Gasteiger partial charge in [-0.1, -0.05) is 29.8 Å². The first-order chi connectivity index (χ1) is 15.4. The molecule has 32 heavy (non-hydrogen) atoms. The Hall–Kier alpha value is -3.35. The van der Waals surface area contributed by atoms with Crippen molar-refractivity contribution in [1.82, 2.24) is 29.8 Å². The van der Waals surface area contributed by atoms with Crippen molar-refractivity contribution in [2.75, 3.05) is 12.4 Å². The monoisotopic (exact) mass is 489 g/mol. The molecule has 0 bridgehead atoms. The maximum Gasteiger partial charge on any atom is 0.321 e. The zero-order chi connectivity index (χ0) is 22.7. The normalized spacial score (nSPS) is 10.8. The molecule has 0 aliphatic heterocycles. The molecule has 0 fully saturated rings. The van der Waals surface area contributed by atoms with Crippen molar-refractivity contribution < 1.29 is 9.59 Å². The van der Waals surface area contributed by atoms with Crippen molar-refractivity contribution in [3.63, 3.8) is 0 Å². The summed E-state index contributed by atoms with van der Waals surface area (Å²) < 4.78 is 4.84. The molecular formula is C19H16ClN7O3S2. The molecule has 3 heterocycles. The minimum absolute atomic E-state index is 0.0987. The highest BCUT2D eigenvalue weighted by molar-refractivity contribution is 7.16. The van der Waals surface area contributed by atoms with Gasteiger partial charge < -0.3 is 10.2 Å². The van der Waals surface area contributed by atoms with Crippen molar-refractivity contribution in [1.29, 1.82) is 0 Å². The van der Waals surface area contributed by atoms with Crippen LogP contribution in [0.4, 0.5) is 9.93 Å². The fourth-order valence-electron chi connectivity index (χ4n) is 2.87. The number of hydrogen-bond donors (Lipinski definition) is 3. The summed E-state index contributed by atoms with van der Waals surface area (Å²) in [5.41, 5.74) is -0.235. The Morgan fingerprint density at radius 3 is 2.72 bits per heavy atom. The summed E-state index contributed by atoms with van der Waals surface area (Å²) in [6, 6.07) is 9.93. The molecule has 0 aliphatic carbocycles. The van der Waals surface area contributed by atoms with Gasteiger partial charge in [0.05, 0.1) is 22.8 Å². The molecule has 0 unspecified atom stereocenters. The molecule has 0 aliphatic rings. The average molecular weight is 490 g/mol. The van der Waals surface area contributed by atoms with Crippen molar-refractivity contribution in [3.05, 3.63) is 67.5 Å². The molecule has 4 aromatic rings. The second-order valence-corrected chi connectivity index (χ2v) is 9.19. The lowest BCUT2D eigenvalue weighted by atomic mass is 10.1. The largest absolute Gasteiger partial charge is 0.333 e. The number of aromatic nitrogens is 4. The first kappa shape index (κ1) is 21.9. The molecule has 13 heteroatoms. The number of anilines is 1. The molecule has 3 N–H and O–H groups in total. The number of nitrogens with one attached hydrogen (secondary N) is 3. The fourth-order valence-corrected chi connectivity index (χ4v) is 4.47. The lowest BCUT2D eigenvalue weighted by Gasteiger charge is -2.15. The first-order valence-electron chi connectivity index (χ1n) is 9.25. The van der Waals surface area contributed by atoms with E-state index in [1.165, 1.54) is 16.2 Å². The van der Waals surface area contributed by atoms with Gasteiger partial charge in [0.2, 0.25) is 5.13 Å². The average Bonchev–Trinajstić information content (AvgIpc) is 3.40. The number of halogens is 1. The summed E-state index contributed by atoms with van der Waals surface area (Å²) in [6.45, 7) is 0.438. The minimum Gasteiger partial charge on any atom is -0.333 e. The fraction of sp³-hybridized carbons (Fsp3) is 0.158. The number of urea groups is 1. The molecule has 164 valence electrons. The van der Waals surface area contributed by atoms with Gasteiger partial charge in [-0.25, -0.2) is 14.9 Å². The van der Waals surface area contributed by atoms with Gasteiger partial charge in [-0.15, -0.1) is 11.3 Å². The summed E-state index contributed by atoms with van der Waals surface area (Å²) >= 11 is 8.26. The molecule has 10 nitrogen and oxygen atoms in total. The van der Waals surface area contributed by atoms with Crippen LogP contribution in [0.25, 0.3) is 10.8 Å². The van der Waals surface area contributed by atoms with Crippen LogP contribution >= 0.6 is 34.5 Å². The standard InChI is InChI=1S/C19H16ClN7O3S2/c1-27(17(29)15-11-4-2-3-5-12(11)16(28)25-24-15)9-14-22-19(32-26-14)23-18(30)21-8-10-6-7-13(20)31-10/h2-7H,8-9H2,1H3,(H,25,28)(H2,21,22,23,26,30). The van der Waals surface area contributed by atoms with E-state index in [-0.39, 0.29) is 17.8 Å². The van der Waals surface area contributed by atoms with Crippen LogP contribution in [0, 0.1) is 0 Å². The number of H-pyrrole nitrogens is 1. The zero-order valence-electron chi connectivity index (χ0n) is 16.6. The van der Waals surface area contributed by atoms with Crippen molar-refractivity contribution in [2.24, 2.45) is 0 Å². The highest BCUT2D eigenvalue weighted by Crippen LogP contribution is 2.21. The second-order valence-electron chi connectivity index (χ2n) is 6.64. The van der Waals surface area contributed by atoms with E-state index in [1.54, 1.807) is 37.4 Å². The van der Waals surface area contributed by atoms with Crippen LogP contribution in [-0.2, 0) is 13.1 Å². The number of nitrogens with zero attached hydrogens (tertiary/aromatic N) is 4. The van der Waals surface area contributed by atoms with Gasteiger partial charge >= 0.3 is 6.03 Å². The number of carbonyl (C=O) groups is 2. The van der Waals surface area contributed by atoms with Crippen molar-refractivity contribution in [2.45, 2.75) is 13.1 Å². The topological polar surface area (TPSA) is 133 Å². The van der Waals surface area contributed by atoms with Gasteiger partial charge in [-0.2, -0.15) is 9.47 Å². The van der Waals surface area contributed by atoms with E-state index in [0.717, 1.165) is 16.4 Å². The molecule has 0 spiro atoms. The van der Waals surface area contributed by atoms with Crippen LogP contribution in [-0.4, -0.2) is 43.4 Å². The van der Waals surface area contributed by atoms with E-state index < -0.39 is 11.9 Å². The number of thiophene rings is 1. The predicted octanol–water partition coefficient (Wildman–Crippen LogP) is 3.08. The van der Waals surface area contributed by atoms with E-state index in [0.29, 0.717) is 32.6 Å². The Morgan fingerprint density at radius 2 is 1.97 bits per heavy atom. The first-order valence-corrected chi connectivity index (χ1v) is 11.2. The van der Waals surface area contributed by atoms with E-state index >= 15 is 0 Å². The highest BCUT2D eigenvalue weighted by atomic mass is 35.5. The minimum atomic E-state index is -0.425. The second kappa shape index (κ2) is 9.42. The summed E-state index contributed by atoms with van der Waals surface area (Å²) in [7, 11) is 1.58. The van der Waals surface area contributed by atoms with Crippen LogP contribution in [0.1, 0.15) is 21.2 Å². The van der Waals surface area contributed by atoms with E-state index in [4.69, 9.17) is 11.6 Å². The maximum absolute atomic E-state index is 12.9. The highest BCUT2D eigenvalue weighted by Gasteiger charge is 2.20. The van der Waals surface area contributed by atoms with Gasteiger partial charge in [-0.3, -0.25) is 14.9 Å². The molecule has 3 amide bonds. The Labute approximate surface area is 194 Å². The molecule has 1 aromatic carbocycles. The smallest absolute Gasteiger partial charge is 0.321 e. The number of aromatic amines is 1. The summed E-state index contributed by atoms with van der Waals surface area (Å²) in [5, 5.41) is 12.7. The third kappa shape index (κ3) is 4.93. The Balaban J connectivity index is 1.38. The Morgan fingerprint density at radius 1 is 1.19 bits per heavy atom. The van der Waals surface area contributed by atoms with Crippen molar-refractivity contribution in [3.8, 4) is 0 Å². The number of benzene rings is 1. The number of rotatable bonds is 6. The van der Waals surface area contributed by atoms with Crippen LogP contribution in [0.2, 0.25) is 4.34 Å². The number of amides is 3. The van der Waals surface area contributed by atoms with Crippen molar-refractivity contribution >= 4 is 62.3 Å². The van der Waals surface area contributed by atoms with Crippen LogP contribution in [0.5, 0.6) is 0 Å². The van der Waals surface area contributed by atoms with E-state index in [1.807, 2.05) is 6.07 Å². The molecule has 0 saturated heterocycles. The lowest BCUT2D eigenvalue weighted by molar-refractivity contribution is 0.0777. The van der Waals surface area contributed by atoms with E-state index in [2.05, 4.69) is 30.2 Å². The van der Waals surface area contributed by atoms with Gasteiger partial charge in [0, 0.05) is 28.8 Å². The zero-order valence-corrected chi connectivity index (χ0v) is 19.0. The summed E-state index contributed by atoms with van der Waals surface area (Å²) in [4.78, 5) is 43.4. The molecule has 0 atom stereocenters.